The van der Waals surface area contributed by atoms with Crippen molar-refractivity contribution in [3.63, 3.8) is 0 Å². The second-order valence-electron chi connectivity index (χ2n) is 0.957. The molecule has 0 unspecified atom stereocenters. The summed E-state index contributed by atoms with van der Waals surface area (Å²) in [5.41, 5.74) is 0. The van der Waals surface area contributed by atoms with E-state index in [1.54, 1.807) is 7.18 Å². The van der Waals surface area contributed by atoms with Gasteiger partial charge in [-0.05, 0) is 0 Å². The smallest absolute Gasteiger partial charge is 0.473 e. The third-order valence-corrected chi connectivity index (χ3v) is 0.183. The Bertz CT molecular complexity index is 116. The number of rotatable bonds is 0. The number of carbonyl (C=O) groups is 2. The van der Waals surface area contributed by atoms with Gasteiger partial charge < -0.3 is 29.7 Å². The van der Waals surface area contributed by atoms with Gasteiger partial charge in [0.1, 0.15) is 0 Å². The van der Waals surface area contributed by atoms with Crippen LogP contribution >= 0.6 is 0 Å². The molecule has 0 aromatic heterocycles. The number of hydrogen-bond donors (Lipinski definition) is 5. The van der Waals surface area contributed by atoms with Gasteiger partial charge in [0.15, 0.2) is 0 Å². The first kappa shape index (κ1) is 22.8. The maximum Gasteiger partial charge on any atom is 1.00 e. The molecule has 0 saturated heterocycles. The topological polar surface area (TPSA) is 135 Å². The zero-order valence-electron chi connectivity index (χ0n) is 6.71. The zero-order valence-corrected chi connectivity index (χ0v) is 6.71. The van der Waals surface area contributed by atoms with Crippen LogP contribution in [-0.2, 0) is 9.59 Å². The van der Waals surface area contributed by atoms with Gasteiger partial charge in [0.2, 0.25) is 0 Å². The number of carboxylic acids is 2. The normalized spacial score (nSPS) is 5.92. The zero-order chi connectivity index (χ0) is 10.7. The van der Waals surface area contributed by atoms with Gasteiger partial charge >= 0.3 is 38.1 Å². The molecule has 0 rings (SSSR count). The Hall–Kier alpha value is -0.588. The quantitative estimate of drug-likeness (QED) is 0.147. The molecule has 0 aliphatic heterocycles. The van der Waals surface area contributed by atoms with Gasteiger partial charge in [-0.15, -0.1) is 0 Å². The van der Waals surface area contributed by atoms with E-state index in [-0.39, 0.29) is 18.9 Å². The van der Waals surface area contributed by atoms with Gasteiger partial charge in [-0.1, -0.05) is 0 Å². The minimum Gasteiger partial charge on any atom is -0.473 e. The van der Waals surface area contributed by atoms with E-state index in [1.165, 1.54) is 0 Å². The van der Waals surface area contributed by atoms with Crippen LogP contribution in [0.2, 0.25) is 0 Å². The van der Waals surface area contributed by atoms with Crippen molar-refractivity contribution in [1.82, 2.24) is 0 Å². The Morgan fingerprint density at radius 2 is 1.08 bits per heavy atom. The third-order valence-electron chi connectivity index (χ3n) is 0.183. The van der Waals surface area contributed by atoms with Crippen LogP contribution in [0.4, 0.5) is 4.39 Å². The van der Waals surface area contributed by atoms with Crippen molar-refractivity contribution < 1.29 is 58.1 Å². The molecule has 0 aliphatic carbocycles. The minimum absolute atomic E-state index is 0. The summed E-state index contributed by atoms with van der Waals surface area (Å²) in [6.07, 6.45) is 0. The van der Waals surface area contributed by atoms with Crippen LogP contribution in [0, 0.1) is 7.18 Å². The Morgan fingerprint density at radius 3 is 1.08 bits per heavy atom. The molecule has 13 heavy (non-hydrogen) atoms. The second-order valence-corrected chi connectivity index (χ2v) is 0.957. The third kappa shape index (κ3) is 86.8. The van der Waals surface area contributed by atoms with Crippen molar-refractivity contribution in [2.24, 2.45) is 0 Å². The van der Waals surface area contributed by atoms with Crippen molar-refractivity contribution >= 4 is 19.3 Å². The van der Waals surface area contributed by atoms with Gasteiger partial charge in [0, 0.05) is 0 Å². The molecule has 0 fully saturated rings. The molecule has 0 aromatic carbocycles. The van der Waals surface area contributed by atoms with Gasteiger partial charge in [0.05, 0.1) is 0 Å². The van der Waals surface area contributed by atoms with E-state index >= 15 is 0 Å². The monoisotopic (exact) mass is 192 g/mol. The van der Waals surface area contributed by atoms with Crippen LogP contribution in [0.1, 0.15) is 0 Å². The van der Waals surface area contributed by atoms with E-state index in [0.717, 1.165) is 0 Å². The van der Waals surface area contributed by atoms with Crippen LogP contribution < -0.4 is 18.9 Å². The van der Waals surface area contributed by atoms with E-state index in [0.29, 0.717) is 0 Å². The van der Waals surface area contributed by atoms with Gasteiger partial charge in [0.25, 0.3) is 0 Å². The fraction of sp³-hybridized carbons (Fsp3) is 0. The largest absolute Gasteiger partial charge is 1.00 e. The molecule has 0 aliphatic rings. The average Bonchev–Trinajstić information content (AvgIpc) is 1.90. The summed E-state index contributed by atoms with van der Waals surface area (Å²) in [6.45, 7) is 0. The summed E-state index contributed by atoms with van der Waals surface area (Å²) < 4.78 is 9.25. The maximum atomic E-state index is 9.25. The van der Waals surface area contributed by atoms with Gasteiger partial charge in [-0.2, -0.15) is 7.18 Å². The first-order chi connectivity index (χ1) is 5.37. The molecule has 0 heterocycles. The van der Waals surface area contributed by atoms with Crippen LogP contribution in [0.3, 0.4) is 0 Å². The van der Waals surface area contributed by atoms with E-state index in [2.05, 4.69) is 0 Å². The van der Waals surface area contributed by atoms with Crippen LogP contribution in [0.15, 0.2) is 0 Å². The molecule has 0 bridgehead atoms. The SMILES string of the molecule is O=C(O)C(=O)O.OB(O)O.[CH2-]F.[Li+]. The average molecular weight is 192 g/mol. The van der Waals surface area contributed by atoms with Crippen molar-refractivity contribution in [3.8, 4) is 0 Å². The first-order valence-electron chi connectivity index (χ1n) is 2.15. The molecule has 7 nitrogen and oxygen atoms in total. The second kappa shape index (κ2) is 17.5. The summed E-state index contributed by atoms with van der Waals surface area (Å²) in [4.78, 5) is 18.2. The summed E-state index contributed by atoms with van der Waals surface area (Å²) in [7, 11) is -0.417. The number of carboxylic acid groups (broad SMARTS) is 2. The fourth-order valence-electron chi connectivity index (χ4n) is 0. The van der Waals surface area contributed by atoms with E-state index < -0.39 is 19.3 Å². The fourth-order valence-corrected chi connectivity index (χ4v) is 0. The van der Waals surface area contributed by atoms with Crippen molar-refractivity contribution in [3.05, 3.63) is 7.18 Å². The predicted molar refractivity (Wildman–Crippen MR) is 34.1 cm³/mol. The summed E-state index contributed by atoms with van der Waals surface area (Å²) in [6, 6.07) is 0. The predicted octanol–water partition coefficient (Wildman–Crippen LogP) is -5.14. The van der Waals surface area contributed by atoms with Crippen molar-refractivity contribution in [1.29, 1.82) is 0 Å². The number of aliphatic carboxylic acids is 2. The first-order valence-corrected chi connectivity index (χ1v) is 2.15. The molecule has 0 amide bonds. The van der Waals surface area contributed by atoms with E-state index in [1.807, 2.05) is 0 Å². The molecule has 0 saturated carbocycles. The Labute approximate surface area is 85.2 Å². The van der Waals surface area contributed by atoms with Crippen LogP contribution in [-0.4, -0.2) is 44.5 Å². The molecule has 10 heteroatoms. The molecule has 0 atom stereocenters. The summed E-state index contributed by atoms with van der Waals surface area (Å²) >= 11 is 0. The van der Waals surface area contributed by atoms with Crippen LogP contribution in [0.25, 0.3) is 0 Å². The van der Waals surface area contributed by atoms with Crippen molar-refractivity contribution in [2.75, 3.05) is 0 Å². The summed E-state index contributed by atoms with van der Waals surface area (Å²) in [5.74, 6) is -3.65. The molecule has 72 valence electrons. The molecule has 0 radical (unpaired) electrons. The van der Waals surface area contributed by atoms with Crippen molar-refractivity contribution in [2.45, 2.75) is 0 Å². The Morgan fingerprint density at radius 1 is 1.00 bits per heavy atom. The summed E-state index contributed by atoms with van der Waals surface area (Å²) in [5, 5.41) is 36.3. The maximum absolute atomic E-state index is 9.25. The Kier molecular flexibility index (Phi) is 30.7. The molecule has 5 N–H and O–H groups in total. The number of hydrogen-bond acceptors (Lipinski definition) is 5. The van der Waals surface area contributed by atoms with E-state index in [4.69, 9.17) is 34.9 Å². The Balaban J connectivity index is -0.0000000512. The number of halogens is 1. The molecule has 0 spiro atoms. The van der Waals surface area contributed by atoms with E-state index in [9.17, 15) is 4.39 Å². The molecule has 0 aromatic rings. The minimum atomic E-state index is -2.17. The van der Waals surface area contributed by atoms with Crippen LogP contribution in [0.5, 0.6) is 0 Å². The molecular weight excluding hydrogens is 185 g/mol. The van der Waals surface area contributed by atoms with Gasteiger partial charge in [-0.25, -0.2) is 9.59 Å². The standard InChI is InChI=1S/C2H2O4.CH2F.BH3O3.Li/c3-1(4)2(5)6;1-2;2-1(3)4;/h(H,3,4)(H,5,6);1H2;2-4H;/q;-1;;+1. The van der Waals surface area contributed by atoms with Gasteiger partial charge in [-0.3, -0.25) is 0 Å². The molecular formula is C3H7BFLiO7.